The number of carboxylic acid groups (broad SMARTS) is 1. The van der Waals surface area contributed by atoms with Crippen molar-refractivity contribution in [3.63, 3.8) is 0 Å². The first-order chi connectivity index (χ1) is 10.1. The molecule has 0 aromatic rings. The van der Waals surface area contributed by atoms with Crippen LogP contribution < -0.4 is 5.32 Å². The van der Waals surface area contributed by atoms with Crippen molar-refractivity contribution in [2.24, 2.45) is 17.8 Å². The summed E-state index contributed by atoms with van der Waals surface area (Å²) >= 11 is 0. The van der Waals surface area contributed by atoms with Gasteiger partial charge in [0.05, 0.1) is 5.92 Å². The van der Waals surface area contributed by atoms with Crippen molar-refractivity contribution < 1.29 is 19.8 Å². The highest BCUT2D eigenvalue weighted by Crippen LogP contribution is 2.29. The van der Waals surface area contributed by atoms with Gasteiger partial charge in [-0.25, -0.2) is 4.79 Å². The lowest BCUT2D eigenvalue weighted by Gasteiger charge is -2.33. The summed E-state index contributed by atoms with van der Waals surface area (Å²) in [5.74, 6) is -0.698. The number of carbonyl (C=O) groups is 2. The molecule has 0 aromatic heterocycles. The summed E-state index contributed by atoms with van der Waals surface area (Å²) in [6, 6.07) is -0.0962. The van der Waals surface area contributed by atoms with Crippen LogP contribution in [0.2, 0.25) is 0 Å². The number of piperidine rings is 1. The number of aliphatic hydroxyl groups is 1. The summed E-state index contributed by atoms with van der Waals surface area (Å²) in [6.45, 7) is 1.99. The molecule has 0 aromatic carbocycles. The van der Waals surface area contributed by atoms with E-state index in [4.69, 9.17) is 5.11 Å². The molecule has 6 heteroatoms. The van der Waals surface area contributed by atoms with Gasteiger partial charge in [0.15, 0.2) is 0 Å². The van der Waals surface area contributed by atoms with E-state index in [1.807, 2.05) is 0 Å². The number of nitrogens with one attached hydrogen (secondary N) is 1. The average Bonchev–Trinajstić information content (AvgIpc) is 2.52. The van der Waals surface area contributed by atoms with Crippen LogP contribution in [-0.4, -0.2) is 53.4 Å². The molecule has 2 fully saturated rings. The van der Waals surface area contributed by atoms with E-state index in [1.54, 1.807) is 4.90 Å². The molecule has 120 valence electrons. The van der Waals surface area contributed by atoms with Gasteiger partial charge in [-0.15, -0.1) is 0 Å². The quantitative estimate of drug-likeness (QED) is 0.729. The molecule has 0 bridgehead atoms. The Hall–Kier alpha value is -1.30. The maximum absolute atomic E-state index is 12.1. The minimum atomic E-state index is -0.738. The molecule has 6 nitrogen and oxygen atoms in total. The lowest BCUT2D eigenvalue weighted by atomic mass is 9.79. The Balaban J connectivity index is 1.76. The highest BCUT2D eigenvalue weighted by molar-refractivity contribution is 5.74. The zero-order valence-electron chi connectivity index (χ0n) is 12.5. The minimum absolute atomic E-state index is 0.0511. The number of hydrogen-bond acceptors (Lipinski definition) is 3. The number of nitrogens with zero attached hydrogens (tertiary/aromatic N) is 1. The summed E-state index contributed by atoms with van der Waals surface area (Å²) < 4.78 is 0. The molecule has 0 spiro atoms. The van der Waals surface area contributed by atoms with Crippen LogP contribution in [0.5, 0.6) is 0 Å². The maximum atomic E-state index is 12.1. The molecule has 2 atom stereocenters. The van der Waals surface area contributed by atoms with E-state index in [1.165, 1.54) is 0 Å². The topological polar surface area (TPSA) is 89.9 Å². The predicted molar refractivity (Wildman–Crippen MR) is 77.9 cm³/mol. The third-order valence-electron chi connectivity index (χ3n) is 4.90. The molecule has 1 aliphatic heterocycles. The van der Waals surface area contributed by atoms with Crippen LogP contribution in [0.1, 0.15) is 38.5 Å². The smallest absolute Gasteiger partial charge is 0.317 e. The molecule has 1 aliphatic carbocycles. The van der Waals surface area contributed by atoms with Gasteiger partial charge in [0.2, 0.25) is 0 Å². The average molecular weight is 298 g/mol. The molecule has 2 amide bonds. The van der Waals surface area contributed by atoms with Gasteiger partial charge in [-0.3, -0.25) is 4.79 Å². The van der Waals surface area contributed by atoms with E-state index >= 15 is 0 Å². The maximum Gasteiger partial charge on any atom is 0.317 e. The van der Waals surface area contributed by atoms with E-state index in [9.17, 15) is 14.7 Å². The summed E-state index contributed by atoms with van der Waals surface area (Å²) in [5.41, 5.74) is 0. The number of carbonyl (C=O) groups excluding carboxylic acids is 1. The number of carboxylic acids is 1. The van der Waals surface area contributed by atoms with Gasteiger partial charge in [-0.05, 0) is 37.5 Å². The van der Waals surface area contributed by atoms with Gasteiger partial charge < -0.3 is 20.4 Å². The standard InChI is InChI=1S/C15H26N2O4/c18-10-11-5-7-17(8-6-11)15(21)16-9-12-3-1-2-4-13(12)14(19)20/h11-13,18H,1-10H2,(H,16,21)(H,19,20). The summed E-state index contributed by atoms with van der Waals surface area (Å²) in [5, 5.41) is 21.2. The fourth-order valence-electron chi connectivity index (χ4n) is 3.43. The lowest BCUT2D eigenvalue weighted by molar-refractivity contribution is -0.144. The number of aliphatic hydroxyl groups excluding tert-OH is 1. The third kappa shape index (κ3) is 4.33. The fourth-order valence-corrected chi connectivity index (χ4v) is 3.43. The van der Waals surface area contributed by atoms with Gasteiger partial charge in [-0.1, -0.05) is 12.8 Å². The molecule has 3 N–H and O–H groups in total. The fraction of sp³-hybridized carbons (Fsp3) is 0.867. The van der Waals surface area contributed by atoms with Crippen molar-refractivity contribution >= 4 is 12.0 Å². The van der Waals surface area contributed by atoms with Crippen molar-refractivity contribution in [2.75, 3.05) is 26.2 Å². The second-order valence-corrected chi connectivity index (χ2v) is 6.29. The third-order valence-corrected chi connectivity index (χ3v) is 4.90. The molecule has 2 aliphatic rings. The number of urea groups is 1. The number of likely N-dealkylation sites (tertiary alicyclic amines) is 1. The summed E-state index contributed by atoms with van der Waals surface area (Å²) in [6.07, 6.45) is 5.29. The second-order valence-electron chi connectivity index (χ2n) is 6.29. The molecule has 1 heterocycles. The van der Waals surface area contributed by atoms with Crippen LogP contribution in [0.15, 0.2) is 0 Å². The van der Waals surface area contributed by atoms with Crippen molar-refractivity contribution in [1.82, 2.24) is 10.2 Å². The van der Waals surface area contributed by atoms with E-state index in [0.717, 1.165) is 38.5 Å². The molecule has 21 heavy (non-hydrogen) atoms. The first kappa shape index (κ1) is 16.1. The minimum Gasteiger partial charge on any atom is -0.481 e. The van der Waals surface area contributed by atoms with Gasteiger partial charge in [-0.2, -0.15) is 0 Å². The van der Waals surface area contributed by atoms with E-state index < -0.39 is 5.97 Å². The summed E-state index contributed by atoms with van der Waals surface area (Å²) in [7, 11) is 0. The Bertz CT molecular complexity index is 367. The number of rotatable bonds is 4. The molecular formula is C15H26N2O4. The van der Waals surface area contributed by atoms with Crippen molar-refractivity contribution in [3.05, 3.63) is 0 Å². The Morgan fingerprint density at radius 2 is 1.76 bits per heavy atom. The first-order valence-corrected chi connectivity index (χ1v) is 7.98. The van der Waals surface area contributed by atoms with Gasteiger partial charge in [0.25, 0.3) is 0 Å². The molecule has 1 saturated carbocycles. The van der Waals surface area contributed by atoms with E-state index in [0.29, 0.717) is 25.6 Å². The number of amides is 2. The van der Waals surface area contributed by atoms with Crippen molar-refractivity contribution in [2.45, 2.75) is 38.5 Å². The second kappa shape index (κ2) is 7.64. The zero-order valence-corrected chi connectivity index (χ0v) is 12.5. The van der Waals surface area contributed by atoms with E-state index in [2.05, 4.69) is 5.32 Å². The van der Waals surface area contributed by atoms with Crippen LogP contribution >= 0.6 is 0 Å². The lowest BCUT2D eigenvalue weighted by Crippen LogP contribution is -2.47. The molecule has 2 unspecified atom stereocenters. The Morgan fingerprint density at radius 1 is 1.10 bits per heavy atom. The van der Waals surface area contributed by atoms with Crippen molar-refractivity contribution in [3.8, 4) is 0 Å². The Kier molecular flexibility index (Phi) is 5.85. The van der Waals surface area contributed by atoms with Crippen LogP contribution in [0.3, 0.4) is 0 Å². The summed E-state index contributed by atoms with van der Waals surface area (Å²) in [4.78, 5) is 25.1. The van der Waals surface area contributed by atoms with Crippen molar-refractivity contribution in [1.29, 1.82) is 0 Å². The molecule has 0 radical (unpaired) electrons. The highest BCUT2D eigenvalue weighted by atomic mass is 16.4. The Labute approximate surface area is 125 Å². The first-order valence-electron chi connectivity index (χ1n) is 7.98. The number of aliphatic carboxylic acids is 1. The van der Waals surface area contributed by atoms with Crippen LogP contribution in [-0.2, 0) is 4.79 Å². The SMILES string of the molecule is O=C(O)C1CCCCC1CNC(=O)N1CCC(CO)CC1. The molecule has 2 rings (SSSR count). The van der Waals surface area contributed by atoms with Crippen LogP contribution in [0, 0.1) is 17.8 Å². The number of hydrogen-bond donors (Lipinski definition) is 3. The molecule has 1 saturated heterocycles. The van der Waals surface area contributed by atoms with Crippen LogP contribution in [0.25, 0.3) is 0 Å². The largest absolute Gasteiger partial charge is 0.481 e. The monoisotopic (exact) mass is 298 g/mol. The highest BCUT2D eigenvalue weighted by Gasteiger charge is 2.31. The van der Waals surface area contributed by atoms with Gasteiger partial charge >= 0.3 is 12.0 Å². The Morgan fingerprint density at radius 3 is 2.38 bits per heavy atom. The van der Waals surface area contributed by atoms with E-state index in [-0.39, 0.29) is 24.5 Å². The zero-order chi connectivity index (χ0) is 15.2. The van der Waals surface area contributed by atoms with Gasteiger partial charge in [0.1, 0.15) is 0 Å². The normalized spacial score (nSPS) is 27.4. The molecular weight excluding hydrogens is 272 g/mol. The van der Waals surface area contributed by atoms with Crippen LogP contribution in [0.4, 0.5) is 4.79 Å². The van der Waals surface area contributed by atoms with Gasteiger partial charge in [0, 0.05) is 26.2 Å². The predicted octanol–water partition coefficient (Wildman–Crippen LogP) is 1.29.